The van der Waals surface area contributed by atoms with Crippen molar-refractivity contribution >= 4 is 5.91 Å². The first-order valence-corrected chi connectivity index (χ1v) is 4.75. The van der Waals surface area contributed by atoms with Gasteiger partial charge in [0.05, 0.1) is 0 Å². The number of likely N-dealkylation sites (tertiary alicyclic amines) is 1. The highest BCUT2D eigenvalue weighted by Gasteiger charge is 2.28. The van der Waals surface area contributed by atoms with Crippen LogP contribution in [0.4, 0.5) is 0 Å². The van der Waals surface area contributed by atoms with Gasteiger partial charge in [0.1, 0.15) is 0 Å². The zero-order chi connectivity index (χ0) is 9.78. The highest BCUT2D eigenvalue weighted by Crippen LogP contribution is 2.27. The van der Waals surface area contributed by atoms with Gasteiger partial charge in [-0.25, -0.2) is 0 Å². The molecule has 0 N–H and O–H groups in total. The molecule has 1 saturated heterocycles. The monoisotopic (exact) mass is 171 g/mol. The Hall–Kier alpha value is -0.530. The third-order valence-electron chi connectivity index (χ3n) is 2.11. The van der Waals surface area contributed by atoms with Crippen molar-refractivity contribution in [2.75, 3.05) is 13.6 Å². The number of amides is 1. The lowest BCUT2D eigenvalue weighted by molar-refractivity contribution is -0.134. The van der Waals surface area contributed by atoms with Gasteiger partial charge < -0.3 is 4.90 Å². The molecule has 0 bridgehead atoms. The molecule has 0 aromatic carbocycles. The Morgan fingerprint density at radius 3 is 2.17 bits per heavy atom. The van der Waals surface area contributed by atoms with E-state index < -0.39 is 0 Å². The van der Waals surface area contributed by atoms with Crippen LogP contribution in [0.25, 0.3) is 0 Å². The number of hydrogen-bond donors (Lipinski definition) is 0. The van der Waals surface area contributed by atoms with Crippen molar-refractivity contribution in [2.24, 2.45) is 5.41 Å². The minimum Gasteiger partial charge on any atom is -0.345 e. The lowest BCUT2D eigenvalue weighted by atomic mass is 9.84. The molecule has 0 radical (unpaired) electrons. The first-order valence-electron chi connectivity index (χ1n) is 4.75. The zero-order valence-corrected chi connectivity index (χ0v) is 8.98. The van der Waals surface area contributed by atoms with E-state index in [1.807, 2.05) is 25.8 Å². The number of hydrogen-bond acceptors (Lipinski definition) is 1. The second-order valence-corrected chi connectivity index (χ2v) is 3.91. The predicted octanol–water partition coefficient (Wildman–Crippen LogP) is 2.29. The van der Waals surface area contributed by atoms with Crippen LogP contribution in [-0.2, 0) is 4.79 Å². The Morgan fingerprint density at radius 1 is 1.33 bits per heavy atom. The fraction of sp³-hybridized carbons (Fsp3) is 0.900. The lowest BCUT2D eigenvalue weighted by Gasteiger charge is -2.35. The summed E-state index contributed by atoms with van der Waals surface area (Å²) in [5, 5.41) is 0. The highest BCUT2D eigenvalue weighted by atomic mass is 16.2. The molecule has 0 aromatic heterocycles. The van der Waals surface area contributed by atoms with Crippen molar-refractivity contribution in [3.05, 3.63) is 0 Å². The van der Waals surface area contributed by atoms with E-state index in [2.05, 4.69) is 13.8 Å². The topological polar surface area (TPSA) is 20.3 Å². The van der Waals surface area contributed by atoms with E-state index in [1.165, 1.54) is 0 Å². The Morgan fingerprint density at radius 2 is 1.83 bits per heavy atom. The summed E-state index contributed by atoms with van der Waals surface area (Å²) in [5.41, 5.74) is 0.336. The van der Waals surface area contributed by atoms with Gasteiger partial charge in [-0.15, -0.1) is 0 Å². The van der Waals surface area contributed by atoms with Crippen molar-refractivity contribution in [1.82, 2.24) is 4.90 Å². The van der Waals surface area contributed by atoms with Gasteiger partial charge in [-0.05, 0) is 11.8 Å². The van der Waals surface area contributed by atoms with Crippen molar-refractivity contribution in [1.29, 1.82) is 0 Å². The van der Waals surface area contributed by atoms with Gasteiger partial charge in [-0.1, -0.05) is 27.7 Å². The van der Waals surface area contributed by atoms with E-state index in [0.717, 1.165) is 19.4 Å². The SMILES string of the molecule is CC.CN1CC(C)(C)CCC1=O. The maximum atomic E-state index is 11.0. The van der Waals surface area contributed by atoms with E-state index in [4.69, 9.17) is 0 Å². The molecule has 1 aliphatic rings. The molecule has 0 aromatic rings. The molecule has 0 unspecified atom stereocenters. The summed E-state index contributed by atoms with van der Waals surface area (Å²) in [6.07, 6.45) is 1.76. The Bertz CT molecular complexity index is 152. The number of carbonyl (C=O) groups is 1. The van der Waals surface area contributed by atoms with Gasteiger partial charge >= 0.3 is 0 Å². The quantitative estimate of drug-likeness (QED) is 0.547. The van der Waals surface area contributed by atoms with Crippen LogP contribution in [0.15, 0.2) is 0 Å². The summed E-state index contributed by atoms with van der Waals surface area (Å²) >= 11 is 0. The van der Waals surface area contributed by atoms with E-state index in [-0.39, 0.29) is 0 Å². The van der Waals surface area contributed by atoms with Crippen LogP contribution in [0.5, 0.6) is 0 Å². The standard InChI is InChI=1S/C8H15NO.C2H6/c1-8(2)5-4-7(10)9(3)6-8;1-2/h4-6H2,1-3H3;1-2H3. The van der Waals surface area contributed by atoms with Gasteiger partial charge in [0.15, 0.2) is 0 Å². The molecule has 1 heterocycles. The molecule has 0 aliphatic carbocycles. The summed E-state index contributed by atoms with van der Waals surface area (Å²) in [6.45, 7) is 9.32. The first-order chi connectivity index (χ1) is 5.51. The molecule has 1 amide bonds. The summed E-state index contributed by atoms with van der Waals surface area (Å²) in [6, 6.07) is 0. The van der Waals surface area contributed by atoms with Crippen molar-refractivity contribution in [3.8, 4) is 0 Å². The number of rotatable bonds is 0. The Kier molecular flexibility index (Phi) is 4.29. The summed E-state index contributed by atoms with van der Waals surface area (Å²) in [7, 11) is 1.88. The van der Waals surface area contributed by atoms with E-state index in [9.17, 15) is 4.79 Å². The maximum absolute atomic E-state index is 11.0. The number of carbonyl (C=O) groups excluding carboxylic acids is 1. The van der Waals surface area contributed by atoms with Gasteiger partial charge in [0.2, 0.25) is 5.91 Å². The molecule has 72 valence electrons. The largest absolute Gasteiger partial charge is 0.345 e. The van der Waals surface area contributed by atoms with Crippen LogP contribution in [0, 0.1) is 5.41 Å². The molecular formula is C10H21NO. The molecule has 1 rings (SSSR count). The van der Waals surface area contributed by atoms with E-state index in [0.29, 0.717) is 11.3 Å². The van der Waals surface area contributed by atoms with Gasteiger partial charge in [0.25, 0.3) is 0 Å². The number of nitrogens with zero attached hydrogens (tertiary/aromatic N) is 1. The van der Waals surface area contributed by atoms with Gasteiger partial charge in [0, 0.05) is 20.0 Å². The Labute approximate surface area is 75.9 Å². The van der Waals surface area contributed by atoms with Gasteiger partial charge in [-0.2, -0.15) is 0 Å². The number of piperidine rings is 1. The summed E-state index contributed by atoms with van der Waals surface area (Å²) < 4.78 is 0. The van der Waals surface area contributed by atoms with Crippen LogP contribution in [0.1, 0.15) is 40.5 Å². The van der Waals surface area contributed by atoms with Crippen LogP contribution in [-0.4, -0.2) is 24.4 Å². The Balaban J connectivity index is 0.000000561. The lowest BCUT2D eigenvalue weighted by Crippen LogP contribution is -2.41. The molecule has 2 nitrogen and oxygen atoms in total. The maximum Gasteiger partial charge on any atom is 0.222 e. The van der Waals surface area contributed by atoms with Crippen LogP contribution < -0.4 is 0 Å². The van der Waals surface area contributed by atoms with Crippen LogP contribution >= 0.6 is 0 Å². The summed E-state index contributed by atoms with van der Waals surface area (Å²) in [5.74, 6) is 0.291. The van der Waals surface area contributed by atoms with Gasteiger partial charge in [-0.3, -0.25) is 4.79 Å². The van der Waals surface area contributed by atoms with Crippen molar-refractivity contribution in [3.63, 3.8) is 0 Å². The molecule has 0 atom stereocenters. The smallest absolute Gasteiger partial charge is 0.222 e. The second-order valence-electron chi connectivity index (χ2n) is 3.91. The fourth-order valence-electron chi connectivity index (χ4n) is 1.45. The van der Waals surface area contributed by atoms with Crippen LogP contribution in [0.2, 0.25) is 0 Å². The zero-order valence-electron chi connectivity index (χ0n) is 8.98. The molecule has 0 saturated carbocycles. The third-order valence-corrected chi connectivity index (χ3v) is 2.11. The molecule has 1 fully saturated rings. The fourth-order valence-corrected chi connectivity index (χ4v) is 1.45. The van der Waals surface area contributed by atoms with E-state index >= 15 is 0 Å². The highest BCUT2D eigenvalue weighted by molar-refractivity contribution is 5.76. The molecule has 1 aliphatic heterocycles. The van der Waals surface area contributed by atoms with Crippen molar-refractivity contribution in [2.45, 2.75) is 40.5 Å². The molecule has 2 heteroatoms. The average Bonchev–Trinajstić information content (AvgIpc) is 2.01. The third kappa shape index (κ3) is 3.24. The minimum absolute atomic E-state index is 0.291. The second kappa shape index (κ2) is 4.48. The molecule has 12 heavy (non-hydrogen) atoms. The summed E-state index contributed by atoms with van der Waals surface area (Å²) in [4.78, 5) is 12.8. The molecular weight excluding hydrogens is 150 g/mol. The first kappa shape index (κ1) is 11.5. The normalized spacial score (nSPS) is 21.4. The average molecular weight is 171 g/mol. The van der Waals surface area contributed by atoms with E-state index in [1.54, 1.807) is 0 Å². The molecule has 0 spiro atoms. The van der Waals surface area contributed by atoms with Crippen LogP contribution in [0.3, 0.4) is 0 Å². The predicted molar refractivity (Wildman–Crippen MR) is 52.0 cm³/mol. The van der Waals surface area contributed by atoms with Crippen molar-refractivity contribution < 1.29 is 4.79 Å². The minimum atomic E-state index is 0.291.